The Morgan fingerprint density at radius 2 is 1.00 bits per heavy atom. The number of benzene rings is 6. The molecule has 0 saturated carbocycles. The molecule has 8 rings (SSSR count). The largest absolute Gasteiger partial charge is 0.265 e. The number of fused-ring (bicyclic) bond motifs is 5. The minimum absolute atomic E-state index is 0.686. The molecule has 0 radical (unpaired) electrons. The van der Waals surface area contributed by atoms with Crippen molar-refractivity contribution in [2.75, 3.05) is 0 Å². The van der Waals surface area contributed by atoms with Gasteiger partial charge in [-0.2, -0.15) is 0 Å². The maximum Gasteiger partial charge on any atom is 0.160 e. The van der Waals surface area contributed by atoms with E-state index in [0.29, 0.717) is 5.82 Å². The zero-order valence-corrected chi connectivity index (χ0v) is 21.6. The molecule has 0 amide bonds. The smallest absolute Gasteiger partial charge is 0.160 e. The third-order valence-corrected chi connectivity index (χ3v) is 7.75. The number of aromatic nitrogens is 3. The van der Waals surface area contributed by atoms with E-state index >= 15 is 0 Å². The molecule has 0 atom stereocenters. The second-order valence-corrected chi connectivity index (χ2v) is 10.1. The van der Waals surface area contributed by atoms with Crippen LogP contribution < -0.4 is 0 Å². The van der Waals surface area contributed by atoms with Gasteiger partial charge >= 0.3 is 0 Å². The highest BCUT2D eigenvalue weighted by Gasteiger charge is 2.15. The second-order valence-electron chi connectivity index (χ2n) is 10.1. The molecule has 0 fully saturated rings. The van der Waals surface area contributed by atoms with Gasteiger partial charge in [-0.3, -0.25) is 4.98 Å². The average Bonchev–Trinajstić information content (AvgIpc) is 3.03. The van der Waals surface area contributed by atoms with Gasteiger partial charge in [-0.05, 0) is 73.4 Å². The van der Waals surface area contributed by atoms with Crippen LogP contribution in [0.4, 0.5) is 0 Å². The average molecular weight is 510 g/mol. The van der Waals surface area contributed by atoms with Gasteiger partial charge in [0.1, 0.15) is 0 Å². The number of pyridine rings is 1. The molecule has 2 heterocycles. The van der Waals surface area contributed by atoms with E-state index in [-0.39, 0.29) is 0 Å². The Morgan fingerprint density at radius 3 is 1.80 bits per heavy atom. The quantitative estimate of drug-likeness (QED) is 0.176. The molecule has 186 valence electrons. The lowest BCUT2D eigenvalue weighted by Gasteiger charge is -2.14. The summed E-state index contributed by atoms with van der Waals surface area (Å²) >= 11 is 0. The van der Waals surface area contributed by atoms with Gasteiger partial charge in [0, 0.05) is 29.1 Å². The SMILES string of the molecule is c1ccc2cc3c(-c4cc(-c5cccc6c5ccc5ccccc56)nc(-c5ccncc5)n4)cccc3cc2c1. The summed E-state index contributed by atoms with van der Waals surface area (Å²) in [4.78, 5) is 14.5. The first-order valence-electron chi connectivity index (χ1n) is 13.4. The van der Waals surface area contributed by atoms with E-state index in [1.165, 1.54) is 43.1 Å². The lowest BCUT2D eigenvalue weighted by Crippen LogP contribution is -1.97. The monoisotopic (exact) mass is 509 g/mol. The number of hydrogen-bond acceptors (Lipinski definition) is 3. The summed E-state index contributed by atoms with van der Waals surface area (Å²) < 4.78 is 0. The van der Waals surface area contributed by atoms with Crippen LogP contribution in [-0.4, -0.2) is 15.0 Å². The van der Waals surface area contributed by atoms with E-state index < -0.39 is 0 Å². The first kappa shape index (κ1) is 22.6. The maximum absolute atomic E-state index is 5.12. The molecule has 40 heavy (non-hydrogen) atoms. The Labute approximate surface area is 231 Å². The van der Waals surface area contributed by atoms with Gasteiger partial charge in [-0.15, -0.1) is 0 Å². The van der Waals surface area contributed by atoms with Crippen LogP contribution >= 0.6 is 0 Å². The van der Waals surface area contributed by atoms with Crippen molar-refractivity contribution in [3.8, 4) is 33.9 Å². The molecule has 0 N–H and O–H groups in total. The minimum atomic E-state index is 0.686. The molecule has 2 aromatic heterocycles. The fourth-order valence-electron chi connectivity index (χ4n) is 5.81. The molecule has 0 saturated heterocycles. The van der Waals surface area contributed by atoms with Gasteiger partial charge in [0.15, 0.2) is 5.82 Å². The molecular formula is C37H23N3. The number of hydrogen-bond donors (Lipinski definition) is 0. The maximum atomic E-state index is 5.12. The highest BCUT2D eigenvalue weighted by atomic mass is 14.9. The standard InChI is InChI=1S/C37H23N3/c1-2-9-27-22-34-28(21-26(27)8-1)10-5-13-33(34)36-23-35(39-37(40-36)25-17-19-38-20-18-25)32-14-6-12-30-29-11-4-3-7-24(29)15-16-31(30)32/h1-23H. The summed E-state index contributed by atoms with van der Waals surface area (Å²) in [7, 11) is 0. The molecule has 3 heteroatoms. The number of nitrogens with zero attached hydrogens (tertiary/aromatic N) is 3. The van der Waals surface area contributed by atoms with Crippen LogP contribution in [0.1, 0.15) is 0 Å². The Kier molecular flexibility index (Phi) is 5.14. The summed E-state index contributed by atoms with van der Waals surface area (Å²) in [5, 5.41) is 9.69. The predicted molar refractivity (Wildman–Crippen MR) is 166 cm³/mol. The summed E-state index contributed by atoms with van der Waals surface area (Å²) in [6.07, 6.45) is 3.58. The highest BCUT2D eigenvalue weighted by Crippen LogP contribution is 2.37. The van der Waals surface area contributed by atoms with Crippen LogP contribution in [0.15, 0.2) is 140 Å². The van der Waals surface area contributed by atoms with Crippen LogP contribution in [-0.2, 0) is 0 Å². The summed E-state index contributed by atoms with van der Waals surface area (Å²) in [6.45, 7) is 0. The molecule has 0 bridgehead atoms. The topological polar surface area (TPSA) is 38.7 Å². The Hall–Kier alpha value is -5.41. The van der Waals surface area contributed by atoms with Crippen molar-refractivity contribution in [1.82, 2.24) is 15.0 Å². The van der Waals surface area contributed by atoms with Crippen molar-refractivity contribution < 1.29 is 0 Å². The van der Waals surface area contributed by atoms with Crippen molar-refractivity contribution in [3.63, 3.8) is 0 Å². The zero-order chi connectivity index (χ0) is 26.5. The Bertz CT molecular complexity index is 2180. The van der Waals surface area contributed by atoms with Gasteiger partial charge < -0.3 is 0 Å². The highest BCUT2D eigenvalue weighted by molar-refractivity contribution is 6.12. The van der Waals surface area contributed by atoms with Crippen molar-refractivity contribution >= 4 is 43.1 Å². The third kappa shape index (κ3) is 3.71. The summed E-state index contributed by atoms with van der Waals surface area (Å²) in [5.74, 6) is 0.686. The fourth-order valence-corrected chi connectivity index (χ4v) is 5.81. The van der Waals surface area contributed by atoms with Gasteiger partial charge in [0.2, 0.25) is 0 Å². The van der Waals surface area contributed by atoms with Crippen molar-refractivity contribution in [1.29, 1.82) is 0 Å². The molecule has 0 spiro atoms. The van der Waals surface area contributed by atoms with E-state index in [4.69, 9.17) is 9.97 Å². The minimum Gasteiger partial charge on any atom is -0.265 e. The van der Waals surface area contributed by atoms with E-state index in [9.17, 15) is 0 Å². The van der Waals surface area contributed by atoms with Crippen LogP contribution in [0.5, 0.6) is 0 Å². The molecule has 0 aliphatic rings. The van der Waals surface area contributed by atoms with E-state index in [0.717, 1.165) is 28.1 Å². The first-order chi connectivity index (χ1) is 19.8. The number of rotatable bonds is 3. The molecule has 0 unspecified atom stereocenters. The van der Waals surface area contributed by atoms with Gasteiger partial charge in [0.05, 0.1) is 11.4 Å². The van der Waals surface area contributed by atoms with E-state index in [1.54, 1.807) is 12.4 Å². The van der Waals surface area contributed by atoms with Crippen LogP contribution in [0.2, 0.25) is 0 Å². The molecule has 3 nitrogen and oxygen atoms in total. The fraction of sp³-hybridized carbons (Fsp3) is 0. The molecule has 6 aromatic carbocycles. The van der Waals surface area contributed by atoms with Crippen molar-refractivity contribution in [3.05, 3.63) is 140 Å². The molecular weight excluding hydrogens is 486 g/mol. The zero-order valence-electron chi connectivity index (χ0n) is 21.6. The van der Waals surface area contributed by atoms with E-state index in [2.05, 4.69) is 120 Å². The lowest BCUT2D eigenvalue weighted by atomic mass is 9.95. The van der Waals surface area contributed by atoms with Crippen molar-refractivity contribution in [2.45, 2.75) is 0 Å². The van der Waals surface area contributed by atoms with Crippen LogP contribution in [0.25, 0.3) is 77.0 Å². The predicted octanol–water partition coefficient (Wildman–Crippen LogP) is 9.49. The first-order valence-corrected chi connectivity index (χ1v) is 13.4. The van der Waals surface area contributed by atoms with Crippen LogP contribution in [0.3, 0.4) is 0 Å². The second kappa shape index (κ2) is 9.11. The normalized spacial score (nSPS) is 11.5. The Morgan fingerprint density at radius 1 is 0.375 bits per heavy atom. The molecule has 0 aliphatic carbocycles. The lowest BCUT2D eigenvalue weighted by molar-refractivity contribution is 1.18. The van der Waals surface area contributed by atoms with Gasteiger partial charge in [-0.1, -0.05) is 97.1 Å². The summed E-state index contributed by atoms with van der Waals surface area (Å²) in [6, 6.07) is 45.0. The Balaban J connectivity index is 1.42. The van der Waals surface area contributed by atoms with Gasteiger partial charge in [-0.25, -0.2) is 9.97 Å². The molecule has 8 aromatic rings. The van der Waals surface area contributed by atoms with Crippen LogP contribution in [0, 0.1) is 0 Å². The van der Waals surface area contributed by atoms with E-state index in [1.807, 2.05) is 12.1 Å². The van der Waals surface area contributed by atoms with Crippen molar-refractivity contribution in [2.24, 2.45) is 0 Å². The third-order valence-electron chi connectivity index (χ3n) is 7.75. The van der Waals surface area contributed by atoms with Gasteiger partial charge in [0.25, 0.3) is 0 Å². The molecule has 0 aliphatic heterocycles. The summed E-state index contributed by atoms with van der Waals surface area (Å²) in [5.41, 5.74) is 4.92.